The van der Waals surface area contributed by atoms with Crippen molar-refractivity contribution in [2.45, 2.75) is 195 Å². The van der Waals surface area contributed by atoms with E-state index in [2.05, 4.69) is 26.6 Å². The normalized spacial score (nSPS) is 14.4. The number of likely N-dealkylation sites (N-methyl/N-ethyl adjacent to an activating group) is 3. The fraction of sp³-hybridized carbons (Fsp3) is 0.612. The summed E-state index contributed by atoms with van der Waals surface area (Å²) in [4.78, 5) is 192. The summed E-state index contributed by atoms with van der Waals surface area (Å²) in [5.74, 6) is -13.5. The minimum atomic E-state index is -1.77. The Bertz CT molecular complexity index is 2930. The third-order valence-electron chi connectivity index (χ3n) is 15.2. The van der Waals surface area contributed by atoms with Crippen LogP contribution in [0.1, 0.15) is 146 Å². The standard InChI is InChI=1S/C67H101N9O17/c1-39(2)29-50(75(15)56(82)28-27-52(78)51(33-45-25-21-18-22-26-45)76(16)63(89)42(6)30-47(77)36-70-65(91)93-67(11,12)13)53(79)31-41(5)59(85)73-58(40(3)4)54(80)34-46(32-44-23-19-17-20-24-44)61(87)71-48(35-57(83)84)64(90)74(14)43(7)60(86)72-49(38-92-66(8,9)10)62(88)69-37-55(68)81/h17-26,39-43,46,48-51,58H,27-38H2,1-16H3,(H2,68,81)(H,69,88)(H,70,91)(H,71,87)(H,72,86)(H,73,85)(H,83,84)/t41-,42-,43+,46-,48+,49+,50+,51+,58+/m1/s1. The van der Waals surface area contributed by atoms with E-state index in [-0.39, 0.29) is 64.0 Å². The second-order valence-electron chi connectivity index (χ2n) is 26.6. The first-order chi connectivity index (χ1) is 43.1. The Hall–Kier alpha value is -8.42. The average molecular weight is 1300 g/mol. The highest BCUT2D eigenvalue weighted by molar-refractivity contribution is 5.99. The van der Waals surface area contributed by atoms with Gasteiger partial charge in [0.15, 0.2) is 23.1 Å². The van der Waals surface area contributed by atoms with Gasteiger partial charge in [0.05, 0.1) is 49.8 Å². The van der Waals surface area contributed by atoms with Crippen molar-refractivity contribution < 1.29 is 81.7 Å². The van der Waals surface area contributed by atoms with E-state index in [0.29, 0.717) is 5.56 Å². The fourth-order valence-corrected chi connectivity index (χ4v) is 9.84. The van der Waals surface area contributed by atoms with E-state index in [9.17, 15) is 72.2 Å². The van der Waals surface area contributed by atoms with Crippen LogP contribution in [0.15, 0.2) is 60.7 Å². The van der Waals surface area contributed by atoms with Gasteiger partial charge in [-0.15, -0.1) is 0 Å². The molecule has 0 radical (unpaired) electrons. The van der Waals surface area contributed by atoms with E-state index in [4.69, 9.17) is 15.2 Å². The number of alkyl carbamates (subject to hydrolysis) is 1. The molecule has 2 rings (SSSR count). The van der Waals surface area contributed by atoms with E-state index in [1.807, 2.05) is 13.8 Å². The lowest BCUT2D eigenvalue weighted by molar-refractivity contribution is -0.146. The molecule has 2 aromatic carbocycles. The smallest absolute Gasteiger partial charge is 0.408 e. The molecule has 0 aliphatic rings. The summed E-state index contributed by atoms with van der Waals surface area (Å²) < 4.78 is 10.9. The molecule has 0 saturated heterocycles. The monoisotopic (exact) mass is 1300 g/mol. The van der Waals surface area contributed by atoms with Gasteiger partial charge in [-0.2, -0.15) is 0 Å². The van der Waals surface area contributed by atoms with Crippen LogP contribution in [0.4, 0.5) is 4.79 Å². The number of carboxylic acid groups (broad SMARTS) is 1. The van der Waals surface area contributed by atoms with Crippen molar-refractivity contribution in [1.29, 1.82) is 0 Å². The van der Waals surface area contributed by atoms with Crippen LogP contribution < -0.4 is 32.3 Å². The van der Waals surface area contributed by atoms with Gasteiger partial charge in [0.25, 0.3) is 0 Å². The number of ether oxygens (including phenoxy) is 2. The highest BCUT2D eigenvalue weighted by Crippen LogP contribution is 2.23. The molecule has 0 heterocycles. The Morgan fingerprint density at radius 3 is 1.61 bits per heavy atom. The van der Waals surface area contributed by atoms with Crippen LogP contribution in [0.5, 0.6) is 0 Å². The molecule has 0 bridgehead atoms. The molecule has 0 spiro atoms. The molecule has 0 saturated carbocycles. The number of amides is 9. The first-order valence-electron chi connectivity index (χ1n) is 31.4. The molecular formula is C67H101N9O17. The number of carboxylic acids is 1. The number of carbonyl (C=O) groups is 14. The quantitative estimate of drug-likeness (QED) is 0.0502. The first kappa shape index (κ1) is 80.7. The van der Waals surface area contributed by atoms with Crippen molar-refractivity contribution in [1.82, 2.24) is 41.3 Å². The van der Waals surface area contributed by atoms with Crippen LogP contribution in [0.2, 0.25) is 0 Å². The van der Waals surface area contributed by atoms with Gasteiger partial charge in [-0.1, -0.05) is 102 Å². The summed E-state index contributed by atoms with van der Waals surface area (Å²) in [6.45, 7) is 20.2. The highest BCUT2D eigenvalue weighted by atomic mass is 16.6. The molecule has 26 nitrogen and oxygen atoms in total. The third-order valence-corrected chi connectivity index (χ3v) is 15.2. The van der Waals surface area contributed by atoms with Crippen molar-refractivity contribution in [2.75, 3.05) is 40.8 Å². The zero-order chi connectivity index (χ0) is 70.8. The topological polar surface area (TPSA) is 374 Å². The summed E-state index contributed by atoms with van der Waals surface area (Å²) >= 11 is 0. The average Bonchev–Trinajstić information content (AvgIpc) is 1.17. The zero-order valence-electron chi connectivity index (χ0n) is 57.0. The summed E-state index contributed by atoms with van der Waals surface area (Å²) in [6, 6.07) is 9.65. The Morgan fingerprint density at radius 1 is 0.538 bits per heavy atom. The molecule has 0 unspecified atom stereocenters. The van der Waals surface area contributed by atoms with Crippen LogP contribution in [0.25, 0.3) is 0 Å². The minimum Gasteiger partial charge on any atom is -0.481 e. The van der Waals surface area contributed by atoms with E-state index in [1.165, 1.54) is 51.7 Å². The van der Waals surface area contributed by atoms with Crippen LogP contribution in [0, 0.1) is 29.6 Å². The van der Waals surface area contributed by atoms with Gasteiger partial charge in [0.1, 0.15) is 23.7 Å². The number of primary amides is 1. The van der Waals surface area contributed by atoms with Gasteiger partial charge in [0, 0.05) is 71.0 Å². The van der Waals surface area contributed by atoms with Crippen LogP contribution >= 0.6 is 0 Å². The Balaban J connectivity index is 2.31. The summed E-state index contributed by atoms with van der Waals surface area (Å²) in [5, 5.41) is 22.4. The first-order valence-corrected chi connectivity index (χ1v) is 31.4. The number of aliphatic carboxylic acids is 1. The second kappa shape index (κ2) is 37.9. The van der Waals surface area contributed by atoms with E-state index < -0.39 is 173 Å². The van der Waals surface area contributed by atoms with Crippen molar-refractivity contribution in [3.05, 3.63) is 71.8 Å². The minimum absolute atomic E-state index is 0.0785. The Kier molecular flexibility index (Phi) is 32.9. The van der Waals surface area contributed by atoms with Gasteiger partial charge in [-0.25, -0.2) is 4.79 Å². The van der Waals surface area contributed by atoms with E-state index >= 15 is 0 Å². The molecular weight excluding hydrogens is 1200 g/mol. The van der Waals surface area contributed by atoms with Gasteiger partial charge in [0.2, 0.25) is 47.3 Å². The molecule has 0 fully saturated rings. The predicted octanol–water partition coefficient (Wildman–Crippen LogP) is 3.66. The lowest BCUT2D eigenvalue weighted by Crippen LogP contribution is -2.58. The molecule has 2 aromatic rings. The SMILES string of the molecule is CC(C)C[C@@H](C(=O)C[C@@H](C)C(=O)N[C@H](C(=O)C[C@@H](Cc1ccccc1)C(=O)N[C@@H](CC(=O)O)C(=O)N(C)[C@@H](C)C(=O)N[C@@H](COC(C)(C)C)C(=O)NCC(N)=O)C(C)C)N(C)C(=O)CCC(=O)[C@H](Cc1ccccc1)N(C)C(=O)[C@H](C)CC(=O)CNC(=O)OC(C)(C)C. The van der Waals surface area contributed by atoms with Crippen molar-refractivity contribution in [3.8, 4) is 0 Å². The molecule has 93 heavy (non-hydrogen) atoms. The van der Waals surface area contributed by atoms with Gasteiger partial charge < -0.3 is 61.6 Å². The Morgan fingerprint density at radius 2 is 1.10 bits per heavy atom. The Labute approximate surface area is 546 Å². The number of nitrogens with two attached hydrogens (primary N) is 1. The maximum absolute atomic E-state index is 14.4. The number of ketones is 4. The molecule has 516 valence electrons. The fourth-order valence-electron chi connectivity index (χ4n) is 9.84. The largest absolute Gasteiger partial charge is 0.481 e. The second-order valence-corrected chi connectivity index (χ2v) is 26.6. The molecule has 26 heteroatoms. The van der Waals surface area contributed by atoms with Crippen molar-refractivity contribution >= 4 is 82.5 Å². The number of carbonyl (C=O) groups excluding carboxylic acids is 13. The maximum atomic E-state index is 14.4. The molecule has 9 atom stereocenters. The van der Waals surface area contributed by atoms with Crippen LogP contribution in [-0.2, 0) is 84.6 Å². The van der Waals surface area contributed by atoms with Gasteiger partial charge >= 0.3 is 12.1 Å². The van der Waals surface area contributed by atoms with Crippen molar-refractivity contribution in [2.24, 2.45) is 35.3 Å². The lowest BCUT2D eigenvalue weighted by atomic mass is 9.87. The summed E-state index contributed by atoms with van der Waals surface area (Å²) in [5.41, 5.74) is 4.95. The number of hydrogen-bond donors (Lipinski definition) is 7. The highest BCUT2D eigenvalue weighted by Gasteiger charge is 2.38. The molecule has 8 N–H and O–H groups in total. The lowest BCUT2D eigenvalue weighted by Gasteiger charge is -2.31. The van der Waals surface area contributed by atoms with Gasteiger partial charge in [-0.3, -0.25) is 62.3 Å². The number of Topliss-reactive ketones (excluding diaryl/α,β-unsaturated/α-hetero) is 4. The molecule has 9 amide bonds. The number of hydrogen-bond acceptors (Lipinski definition) is 16. The van der Waals surface area contributed by atoms with Crippen LogP contribution in [-0.4, -0.2) is 191 Å². The molecule has 0 aromatic heterocycles. The molecule has 0 aliphatic heterocycles. The zero-order valence-corrected chi connectivity index (χ0v) is 57.0. The van der Waals surface area contributed by atoms with Crippen LogP contribution in [0.3, 0.4) is 0 Å². The van der Waals surface area contributed by atoms with Crippen molar-refractivity contribution in [3.63, 3.8) is 0 Å². The third kappa shape index (κ3) is 29.4. The number of benzene rings is 2. The number of nitrogens with one attached hydrogen (secondary N) is 5. The molecule has 0 aliphatic carbocycles. The van der Waals surface area contributed by atoms with E-state index in [0.717, 1.165) is 10.5 Å². The summed E-state index contributed by atoms with van der Waals surface area (Å²) in [7, 11) is 4.08. The van der Waals surface area contributed by atoms with Gasteiger partial charge in [-0.05, 0) is 90.7 Å². The predicted molar refractivity (Wildman–Crippen MR) is 345 cm³/mol. The van der Waals surface area contributed by atoms with E-state index in [1.54, 1.807) is 116 Å². The summed E-state index contributed by atoms with van der Waals surface area (Å²) in [6.07, 6.45) is -3.30. The number of rotatable bonds is 39. The number of nitrogens with zero attached hydrogens (tertiary/aromatic N) is 3. The maximum Gasteiger partial charge on any atom is 0.408 e.